The monoisotopic (exact) mass is 343 g/mol. The molecule has 0 aliphatic carbocycles. The second kappa shape index (κ2) is 6.26. The Morgan fingerprint density at radius 1 is 1.26 bits per heavy atom. The molecule has 0 aromatic heterocycles. The fourth-order valence-electron chi connectivity index (χ4n) is 1.62. The average Bonchev–Trinajstić information content (AvgIpc) is 2.41. The summed E-state index contributed by atoms with van der Waals surface area (Å²) in [7, 11) is 1.61. The van der Waals surface area contributed by atoms with Crippen LogP contribution >= 0.6 is 27.5 Å². The van der Waals surface area contributed by atoms with Crippen molar-refractivity contribution in [2.45, 2.75) is 6.54 Å². The summed E-state index contributed by atoms with van der Waals surface area (Å²) in [4.78, 5) is 0. The van der Waals surface area contributed by atoms with Gasteiger partial charge in [-0.3, -0.25) is 0 Å². The van der Waals surface area contributed by atoms with Crippen molar-refractivity contribution in [3.05, 3.63) is 57.3 Å². The van der Waals surface area contributed by atoms with Crippen molar-refractivity contribution in [3.63, 3.8) is 0 Å². The number of hydrogen-bond donors (Lipinski definition) is 1. The van der Waals surface area contributed by atoms with Crippen LogP contribution < -0.4 is 10.1 Å². The molecule has 0 radical (unpaired) electrons. The maximum Gasteiger partial charge on any atom is 0.142 e. The number of halogens is 3. The van der Waals surface area contributed by atoms with Crippen molar-refractivity contribution in [1.82, 2.24) is 0 Å². The highest BCUT2D eigenvalue weighted by molar-refractivity contribution is 9.10. The molecule has 0 atom stereocenters. The molecule has 0 amide bonds. The van der Waals surface area contributed by atoms with Gasteiger partial charge in [-0.15, -0.1) is 0 Å². The van der Waals surface area contributed by atoms with Crippen LogP contribution in [0.25, 0.3) is 0 Å². The van der Waals surface area contributed by atoms with E-state index in [1.165, 1.54) is 6.07 Å². The van der Waals surface area contributed by atoms with E-state index in [1.807, 2.05) is 18.2 Å². The molecule has 0 fully saturated rings. The van der Waals surface area contributed by atoms with Crippen LogP contribution in [0.15, 0.2) is 40.9 Å². The van der Waals surface area contributed by atoms with Crippen LogP contribution in [0.3, 0.4) is 0 Å². The molecule has 19 heavy (non-hydrogen) atoms. The van der Waals surface area contributed by atoms with Crippen molar-refractivity contribution < 1.29 is 9.13 Å². The van der Waals surface area contributed by atoms with E-state index in [4.69, 9.17) is 16.3 Å². The second-order valence-electron chi connectivity index (χ2n) is 3.95. The van der Waals surface area contributed by atoms with E-state index in [9.17, 15) is 4.39 Å². The number of benzene rings is 2. The third-order valence-electron chi connectivity index (χ3n) is 2.63. The number of ether oxygens (including phenoxy) is 1. The van der Waals surface area contributed by atoms with E-state index >= 15 is 0 Å². The van der Waals surface area contributed by atoms with Gasteiger partial charge in [0.15, 0.2) is 0 Å². The zero-order valence-corrected chi connectivity index (χ0v) is 12.6. The Morgan fingerprint density at radius 3 is 2.74 bits per heavy atom. The fraction of sp³-hybridized carbons (Fsp3) is 0.143. The number of anilines is 1. The minimum atomic E-state index is -0.408. The van der Waals surface area contributed by atoms with E-state index < -0.39 is 5.82 Å². The molecule has 0 aliphatic heterocycles. The Morgan fingerprint density at radius 2 is 2.05 bits per heavy atom. The lowest BCUT2D eigenvalue weighted by molar-refractivity contribution is 0.412. The van der Waals surface area contributed by atoms with E-state index in [1.54, 1.807) is 19.2 Å². The summed E-state index contributed by atoms with van der Waals surface area (Å²) < 4.78 is 19.4. The van der Waals surface area contributed by atoms with Crippen LogP contribution in [0, 0.1) is 5.82 Å². The van der Waals surface area contributed by atoms with Crippen LogP contribution in [0.4, 0.5) is 10.1 Å². The molecule has 0 bridgehead atoms. The number of nitrogens with one attached hydrogen (secondary N) is 1. The Balaban J connectivity index is 2.07. The summed E-state index contributed by atoms with van der Waals surface area (Å²) >= 11 is 9.02. The molecule has 5 heteroatoms. The highest BCUT2D eigenvalue weighted by Crippen LogP contribution is 2.28. The van der Waals surface area contributed by atoms with Gasteiger partial charge in [0, 0.05) is 18.3 Å². The first kappa shape index (κ1) is 14.2. The van der Waals surface area contributed by atoms with Crippen molar-refractivity contribution >= 4 is 33.2 Å². The molecule has 0 heterocycles. The van der Waals surface area contributed by atoms with Gasteiger partial charge in [0.25, 0.3) is 0 Å². The first-order valence-corrected chi connectivity index (χ1v) is 6.78. The largest absolute Gasteiger partial charge is 0.495 e. The van der Waals surface area contributed by atoms with Crippen LogP contribution in [0.2, 0.25) is 5.02 Å². The Labute approximate surface area is 124 Å². The normalized spacial score (nSPS) is 10.3. The molecule has 0 aliphatic rings. The summed E-state index contributed by atoms with van der Waals surface area (Å²) in [6.45, 7) is 0.513. The van der Waals surface area contributed by atoms with Gasteiger partial charge in [-0.25, -0.2) is 4.39 Å². The van der Waals surface area contributed by atoms with Crippen LogP contribution in [-0.2, 0) is 6.54 Å². The molecule has 2 rings (SSSR count). The Bertz CT molecular complexity index is 592. The average molecular weight is 345 g/mol. The predicted octanol–water partition coefficient (Wildman–Crippen LogP) is 4.86. The third kappa shape index (κ3) is 3.61. The van der Waals surface area contributed by atoms with Gasteiger partial charge in [-0.2, -0.15) is 0 Å². The second-order valence-corrected chi connectivity index (χ2v) is 5.21. The fourth-order valence-corrected chi connectivity index (χ4v) is 2.15. The SMILES string of the molecule is COc1cc(NCc2ccc(Cl)c(F)c2)ccc1Br. The van der Waals surface area contributed by atoms with Crippen molar-refractivity contribution in [3.8, 4) is 5.75 Å². The lowest BCUT2D eigenvalue weighted by atomic mass is 10.2. The van der Waals surface area contributed by atoms with Crippen molar-refractivity contribution in [2.75, 3.05) is 12.4 Å². The molecule has 2 aromatic carbocycles. The third-order valence-corrected chi connectivity index (χ3v) is 3.59. The zero-order chi connectivity index (χ0) is 13.8. The Kier molecular flexibility index (Phi) is 4.66. The van der Waals surface area contributed by atoms with Gasteiger partial charge in [0.2, 0.25) is 0 Å². The first-order chi connectivity index (χ1) is 9.10. The van der Waals surface area contributed by atoms with Crippen LogP contribution in [0.1, 0.15) is 5.56 Å². The summed E-state index contributed by atoms with van der Waals surface area (Å²) in [5, 5.41) is 3.33. The van der Waals surface area contributed by atoms with Gasteiger partial charge < -0.3 is 10.1 Å². The van der Waals surface area contributed by atoms with Gasteiger partial charge in [-0.1, -0.05) is 17.7 Å². The molecule has 0 unspecified atom stereocenters. The number of hydrogen-bond acceptors (Lipinski definition) is 2. The first-order valence-electron chi connectivity index (χ1n) is 5.61. The quantitative estimate of drug-likeness (QED) is 0.855. The van der Waals surface area contributed by atoms with Crippen LogP contribution in [-0.4, -0.2) is 7.11 Å². The molecule has 2 aromatic rings. The molecule has 0 saturated heterocycles. The molecule has 1 N–H and O–H groups in total. The molecular weight excluding hydrogens is 333 g/mol. The van der Waals surface area contributed by atoms with E-state index in [2.05, 4.69) is 21.2 Å². The summed E-state index contributed by atoms with van der Waals surface area (Å²) in [6.07, 6.45) is 0. The number of methoxy groups -OCH3 is 1. The maximum atomic E-state index is 13.3. The number of rotatable bonds is 4. The van der Waals surface area contributed by atoms with Crippen molar-refractivity contribution in [2.24, 2.45) is 0 Å². The van der Waals surface area contributed by atoms with Crippen LogP contribution in [0.5, 0.6) is 5.75 Å². The molecule has 100 valence electrons. The minimum Gasteiger partial charge on any atom is -0.495 e. The molecule has 0 saturated carbocycles. The topological polar surface area (TPSA) is 21.3 Å². The highest BCUT2D eigenvalue weighted by Gasteiger charge is 2.03. The Hall–Kier alpha value is -1.26. The molecular formula is C14H12BrClFNO. The van der Waals surface area contributed by atoms with E-state index in [-0.39, 0.29) is 5.02 Å². The predicted molar refractivity (Wildman–Crippen MR) is 79.4 cm³/mol. The lowest BCUT2D eigenvalue weighted by Gasteiger charge is -2.10. The van der Waals surface area contributed by atoms with E-state index in [0.29, 0.717) is 6.54 Å². The summed E-state index contributed by atoms with van der Waals surface area (Å²) in [5.74, 6) is 0.335. The molecule has 2 nitrogen and oxygen atoms in total. The molecule has 0 spiro atoms. The minimum absolute atomic E-state index is 0.133. The zero-order valence-electron chi connectivity index (χ0n) is 10.2. The highest BCUT2D eigenvalue weighted by atomic mass is 79.9. The summed E-state index contributed by atoms with van der Waals surface area (Å²) in [6, 6.07) is 10.4. The van der Waals surface area contributed by atoms with Gasteiger partial charge >= 0.3 is 0 Å². The lowest BCUT2D eigenvalue weighted by Crippen LogP contribution is -2.00. The van der Waals surface area contributed by atoms with E-state index in [0.717, 1.165) is 21.5 Å². The van der Waals surface area contributed by atoms with Gasteiger partial charge in [0.1, 0.15) is 11.6 Å². The van der Waals surface area contributed by atoms with Gasteiger partial charge in [-0.05, 0) is 45.8 Å². The smallest absolute Gasteiger partial charge is 0.142 e. The maximum absolute atomic E-state index is 13.3. The standard InChI is InChI=1S/C14H12BrClFNO/c1-19-14-7-10(3-4-11(14)15)18-8-9-2-5-12(16)13(17)6-9/h2-7,18H,8H2,1H3. The van der Waals surface area contributed by atoms with Gasteiger partial charge in [0.05, 0.1) is 16.6 Å². The summed E-state index contributed by atoms with van der Waals surface area (Å²) in [5.41, 5.74) is 1.72. The van der Waals surface area contributed by atoms with Crippen molar-refractivity contribution in [1.29, 1.82) is 0 Å².